The predicted octanol–water partition coefficient (Wildman–Crippen LogP) is -0.0305. The largest absolute Gasteiger partial charge is 0.497 e. The fourth-order valence-corrected chi connectivity index (χ4v) is 2.34. The Morgan fingerprint density at radius 3 is 2.50 bits per heavy atom. The van der Waals surface area contributed by atoms with Crippen molar-refractivity contribution in [3.63, 3.8) is 0 Å². The average Bonchev–Trinajstić information content (AvgIpc) is 2.61. The summed E-state index contributed by atoms with van der Waals surface area (Å²) in [6, 6.07) is 5.03. The number of carboxylic acid groups (broad SMARTS) is 1. The van der Waals surface area contributed by atoms with E-state index in [0.29, 0.717) is 22.3 Å². The molecule has 0 aliphatic heterocycles. The van der Waals surface area contributed by atoms with Gasteiger partial charge in [-0.3, -0.25) is 14.4 Å². The van der Waals surface area contributed by atoms with E-state index in [4.69, 9.17) is 14.3 Å². The van der Waals surface area contributed by atoms with Gasteiger partial charge in [0, 0.05) is 11.5 Å². The van der Waals surface area contributed by atoms with Gasteiger partial charge in [-0.1, -0.05) is 0 Å². The van der Waals surface area contributed by atoms with Gasteiger partial charge in [-0.05, 0) is 24.6 Å². The van der Waals surface area contributed by atoms with E-state index in [1.165, 1.54) is 7.11 Å². The van der Waals surface area contributed by atoms with Crippen LogP contribution in [0.1, 0.15) is 11.1 Å². The van der Waals surface area contributed by atoms with Crippen LogP contribution in [0.5, 0.6) is 5.75 Å². The van der Waals surface area contributed by atoms with Gasteiger partial charge in [-0.25, -0.2) is 4.79 Å². The van der Waals surface area contributed by atoms with Crippen LogP contribution in [-0.4, -0.2) is 43.1 Å². The molecule has 0 radical (unpaired) electrons. The molecule has 2 rings (SSSR count). The SMILES string of the molecule is COc1ccc2c(C)c(CC(=O)NCC(=O)NCC(=O)O)c(=O)oc2c1. The number of ether oxygens (including phenoxy) is 1. The highest BCUT2D eigenvalue weighted by atomic mass is 16.5. The van der Waals surface area contributed by atoms with Crippen molar-refractivity contribution in [2.45, 2.75) is 13.3 Å². The summed E-state index contributed by atoms with van der Waals surface area (Å²) in [6.45, 7) is 0.778. The standard InChI is InChI=1S/C17H18N2O7/c1-9-11-4-3-10(25-2)5-13(11)26-17(24)12(9)6-14(20)18-7-15(21)19-8-16(22)23/h3-5H,6-8H2,1-2H3,(H,18,20)(H,19,21)(H,22,23). The summed E-state index contributed by atoms with van der Waals surface area (Å²) in [5.41, 5.74) is 0.494. The van der Waals surface area contributed by atoms with Crippen molar-refractivity contribution in [1.29, 1.82) is 0 Å². The molecule has 0 saturated heterocycles. The summed E-state index contributed by atoms with van der Waals surface area (Å²) in [5, 5.41) is 13.6. The Balaban J connectivity index is 2.10. The van der Waals surface area contributed by atoms with E-state index in [1.54, 1.807) is 25.1 Å². The number of methoxy groups -OCH3 is 1. The first-order valence-electron chi connectivity index (χ1n) is 7.67. The fraction of sp³-hybridized carbons (Fsp3) is 0.294. The number of carboxylic acids is 1. The molecular weight excluding hydrogens is 344 g/mol. The number of nitrogens with one attached hydrogen (secondary N) is 2. The van der Waals surface area contributed by atoms with Crippen LogP contribution >= 0.6 is 0 Å². The Hall–Kier alpha value is -3.36. The van der Waals surface area contributed by atoms with E-state index in [0.717, 1.165) is 0 Å². The molecule has 26 heavy (non-hydrogen) atoms. The molecule has 0 fully saturated rings. The zero-order valence-electron chi connectivity index (χ0n) is 14.3. The quantitative estimate of drug-likeness (QED) is 0.589. The van der Waals surface area contributed by atoms with Crippen LogP contribution < -0.4 is 21.0 Å². The Kier molecular flexibility index (Phi) is 5.94. The molecule has 138 valence electrons. The van der Waals surface area contributed by atoms with Gasteiger partial charge in [0.2, 0.25) is 11.8 Å². The first-order valence-corrected chi connectivity index (χ1v) is 7.67. The third-order valence-corrected chi connectivity index (χ3v) is 3.71. The van der Waals surface area contributed by atoms with Crippen LogP contribution in [0.2, 0.25) is 0 Å². The Morgan fingerprint density at radius 2 is 1.85 bits per heavy atom. The molecule has 0 atom stereocenters. The molecular formula is C17H18N2O7. The number of fused-ring (bicyclic) bond motifs is 1. The molecule has 2 aromatic rings. The van der Waals surface area contributed by atoms with E-state index in [1.807, 2.05) is 0 Å². The molecule has 9 heteroatoms. The van der Waals surface area contributed by atoms with Gasteiger partial charge in [0.15, 0.2) is 0 Å². The number of amides is 2. The van der Waals surface area contributed by atoms with E-state index in [2.05, 4.69) is 10.6 Å². The normalized spacial score (nSPS) is 10.4. The molecule has 3 N–H and O–H groups in total. The molecule has 9 nitrogen and oxygen atoms in total. The van der Waals surface area contributed by atoms with Crippen LogP contribution in [0, 0.1) is 6.92 Å². The van der Waals surface area contributed by atoms with Crippen molar-refractivity contribution in [2.24, 2.45) is 0 Å². The zero-order chi connectivity index (χ0) is 19.3. The maximum atomic E-state index is 12.2. The third kappa shape index (κ3) is 4.59. The van der Waals surface area contributed by atoms with Crippen LogP contribution in [0.15, 0.2) is 27.4 Å². The first-order chi connectivity index (χ1) is 12.3. The second kappa shape index (κ2) is 8.15. The number of benzene rings is 1. The van der Waals surface area contributed by atoms with E-state index in [9.17, 15) is 19.2 Å². The van der Waals surface area contributed by atoms with Gasteiger partial charge < -0.3 is 24.9 Å². The number of carbonyl (C=O) groups is 3. The highest BCUT2D eigenvalue weighted by Crippen LogP contribution is 2.24. The number of aliphatic carboxylic acids is 1. The summed E-state index contributed by atoms with van der Waals surface area (Å²) in [7, 11) is 1.50. The Bertz CT molecular complexity index is 917. The lowest BCUT2D eigenvalue weighted by Gasteiger charge is -2.09. The van der Waals surface area contributed by atoms with Gasteiger partial charge in [0.05, 0.1) is 25.6 Å². The summed E-state index contributed by atoms with van der Waals surface area (Å²) < 4.78 is 10.3. The van der Waals surface area contributed by atoms with Crippen molar-refractivity contribution in [3.05, 3.63) is 39.7 Å². The van der Waals surface area contributed by atoms with Crippen molar-refractivity contribution in [1.82, 2.24) is 10.6 Å². The van der Waals surface area contributed by atoms with Gasteiger partial charge in [0.1, 0.15) is 17.9 Å². The topological polar surface area (TPSA) is 135 Å². The molecule has 0 spiro atoms. The highest BCUT2D eigenvalue weighted by molar-refractivity contribution is 5.88. The van der Waals surface area contributed by atoms with Crippen LogP contribution in [0.4, 0.5) is 0 Å². The minimum atomic E-state index is -1.19. The summed E-state index contributed by atoms with van der Waals surface area (Å²) in [5.74, 6) is -1.85. The number of hydrogen-bond acceptors (Lipinski definition) is 6. The maximum Gasteiger partial charge on any atom is 0.340 e. The number of rotatable bonds is 7. The molecule has 1 aromatic carbocycles. The van der Waals surface area contributed by atoms with E-state index < -0.39 is 30.0 Å². The van der Waals surface area contributed by atoms with Crippen molar-refractivity contribution < 1.29 is 28.6 Å². The average molecular weight is 362 g/mol. The summed E-state index contributed by atoms with van der Waals surface area (Å²) in [6.07, 6.45) is -0.262. The monoisotopic (exact) mass is 362 g/mol. The number of carbonyl (C=O) groups excluding carboxylic acids is 2. The lowest BCUT2D eigenvalue weighted by Crippen LogP contribution is -2.39. The summed E-state index contributed by atoms with van der Waals surface area (Å²) in [4.78, 5) is 45.9. The molecule has 0 bridgehead atoms. The van der Waals surface area contributed by atoms with Gasteiger partial charge in [0.25, 0.3) is 0 Å². The van der Waals surface area contributed by atoms with Crippen molar-refractivity contribution >= 4 is 28.8 Å². The smallest absolute Gasteiger partial charge is 0.340 e. The van der Waals surface area contributed by atoms with Crippen LogP contribution in [0.3, 0.4) is 0 Å². The second-order valence-corrected chi connectivity index (χ2v) is 5.48. The van der Waals surface area contributed by atoms with Gasteiger partial charge in [-0.2, -0.15) is 0 Å². The van der Waals surface area contributed by atoms with E-state index in [-0.39, 0.29) is 18.5 Å². The Morgan fingerprint density at radius 1 is 1.15 bits per heavy atom. The van der Waals surface area contributed by atoms with Gasteiger partial charge >= 0.3 is 11.6 Å². The lowest BCUT2D eigenvalue weighted by atomic mass is 10.0. The van der Waals surface area contributed by atoms with E-state index >= 15 is 0 Å². The molecule has 0 aliphatic rings. The Labute approximate surface area is 147 Å². The molecule has 2 amide bonds. The molecule has 0 saturated carbocycles. The number of aryl methyl sites for hydroxylation is 1. The number of hydrogen-bond donors (Lipinski definition) is 3. The molecule has 1 aromatic heterocycles. The van der Waals surface area contributed by atoms with Gasteiger partial charge in [-0.15, -0.1) is 0 Å². The fourth-order valence-electron chi connectivity index (χ4n) is 2.34. The maximum absolute atomic E-state index is 12.2. The third-order valence-electron chi connectivity index (χ3n) is 3.71. The molecule has 1 heterocycles. The van der Waals surface area contributed by atoms with Crippen molar-refractivity contribution in [2.75, 3.05) is 20.2 Å². The minimum Gasteiger partial charge on any atom is -0.497 e. The zero-order valence-corrected chi connectivity index (χ0v) is 14.3. The van der Waals surface area contributed by atoms with Crippen LogP contribution in [-0.2, 0) is 20.8 Å². The molecule has 0 unspecified atom stereocenters. The minimum absolute atomic E-state index is 0.186. The van der Waals surface area contributed by atoms with Crippen molar-refractivity contribution in [3.8, 4) is 5.75 Å². The second-order valence-electron chi connectivity index (χ2n) is 5.48. The predicted molar refractivity (Wildman–Crippen MR) is 91.1 cm³/mol. The summed E-state index contributed by atoms with van der Waals surface area (Å²) >= 11 is 0. The lowest BCUT2D eigenvalue weighted by molar-refractivity contribution is -0.137. The highest BCUT2D eigenvalue weighted by Gasteiger charge is 2.16. The first kappa shape index (κ1) is 19.0. The van der Waals surface area contributed by atoms with Crippen LogP contribution in [0.25, 0.3) is 11.0 Å². The molecule has 0 aliphatic carbocycles.